The van der Waals surface area contributed by atoms with Gasteiger partial charge in [-0.15, -0.1) is 11.3 Å². The van der Waals surface area contributed by atoms with Crippen LogP contribution in [-0.4, -0.2) is 9.55 Å². The molecule has 0 saturated carbocycles. The van der Waals surface area contributed by atoms with Crippen LogP contribution < -0.4 is 11.2 Å². The fourth-order valence-corrected chi connectivity index (χ4v) is 2.31. The van der Waals surface area contributed by atoms with Gasteiger partial charge in [0, 0.05) is 7.05 Å². The van der Waals surface area contributed by atoms with E-state index < -0.39 is 0 Å². The van der Waals surface area contributed by atoms with Crippen molar-refractivity contribution in [3.63, 3.8) is 0 Å². The summed E-state index contributed by atoms with van der Waals surface area (Å²) in [6.07, 6.45) is 0. The van der Waals surface area contributed by atoms with Crippen molar-refractivity contribution in [2.45, 2.75) is 6.92 Å². The third-order valence-corrected chi connectivity index (χ3v) is 3.18. The molecule has 2 heterocycles. The molecular weight excluding hydrogens is 188 g/mol. The Hall–Kier alpha value is -1.36. The summed E-state index contributed by atoms with van der Waals surface area (Å²) in [6, 6.07) is 0. The van der Waals surface area contributed by atoms with Gasteiger partial charge >= 0.3 is 5.69 Å². The predicted octanol–water partition coefficient (Wildman–Crippen LogP) is 0.597. The number of fused-ring (bicyclic) bond motifs is 1. The summed E-state index contributed by atoms with van der Waals surface area (Å²) in [5.41, 5.74) is 0.257. The first-order chi connectivity index (χ1) is 6.11. The number of aryl methyl sites for hydroxylation is 2. The second kappa shape index (κ2) is 2.56. The first kappa shape index (κ1) is 8.25. The van der Waals surface area contributed by atoms with Crippen LogP contribution in [0.5, 0.6) is 0 Å². The number of nitrogens with zero attached hydrogens (tertiary/aromatic N) is 1. The van der Waals surface area contributed by atoms with Gasteiger partial charge in [0.1, 0.15) is 4.83 Å². The van der Waals surface area contributed by atoms with Crippen LogP contribution in [0.15, 0.2) is 15.0 Å². The number of rotatable bonds is 0. The molecule has 2 aromatic heterocycles. The molecule has 0 aliphatic heterocycles. The van der Waals surface area contributed by atoms with Gasteiger partial charge in [0.2, 0.25) is 0 Å². The number of H-pyrrole nitrogens is 1. The van der Waals surface area contributed by atoms with Gasteiger partial charge in [0.25, 0.3) is 5.56 Å². The lowest BCUT2D eigenvalue weighted by molar-refractivity contribution is 0.850. The molecule has 0 aliphatic carbocycles. The third-order valence-electron chi connectivity index (χ3n) is 2.01. The van der Waals surface area contributed by atoms with E-state index in [1.807, 2.05) is 12.3 Å². The number of hydrogen-bond donors (Lipinski definition) is 1. The smallest absolute Gasteiger partial charge is 0.288 e. The summed E-state index contributed by atoms with van der Waals surface area (Å²) in [5, 5.41) is 2.49. The SMILES string of the molecule is Cc1csc2c1c(=O)[nH]c(=O)n2C. The van der Waals surface area contributed by atoms with Gasteiger partial charge in [0.05, 0.1) is 5.39 Å². The molecule has 0 radical (unpaired) electrons. The van der Waals surface area contributed by atoms with Gasteiger partial charge in [-0.1, -0.05) is 0 Å². The van der Waals surface area contributed by atoms with Crippen LogP contribution in [0, 0.1) is 6.92 Å². The van der Waals surface area contributed by atoms with E-state index in [4.69, 9.17) is 0 Å². The zero-order chi connectivity index (χ0) is 9.59. The number of hydrogen-bond acceptors (Lipinski definition) is 3. The van der Waals surface area contributed by atoms with Gasteiger partial charge in [0.15, 0.2) is 0 Å². The zero-order valence-corrected chi connectivity index (χ0v) is 8.07. The molecule has 2 aromatic rings. The van der Waals surface area contributed by atoms with Crippen LogP contribution >= 0.6 is 11.3 Å². The van der Waals surface area contributed by atoms with Crippen LogP contribution in [0.2, 0.25) is 0 Å². The molecule has 68 valence electrons. The monoisotopic (exact) mass is 196 g/mol. The molecule has 13 heavy (non-hydrogen) atoms. The Morgan fingerprint density at radius 1 is 1.46 bits per heavy atom. The van der Waals surface area contributed by atoms with Crippen molar-refractivity contribution in [3.05, 3.63) is 31.8 Å². The summed E-state index contributed by atoms with van der Waals surface area (Å²) in [6.45, 7) is 1.86. The van der Waals surface area contributed by atoms with Crippen molar-refractivity contribution in [2.75, 3.05) is 0 Å². The molecule has 0 amide bonds. The van der Waals surface area contributed by atoms with Crippen LogP contribution in [0.1, 0.15) is 5.56 Å². The quantitative estimate of drug-likeness (QED) is 0.670. The van der Waals surface area contributed by atoms with Crippen molar-refractivity contribution in [1.29, 1.82) is 0 Å². The highest BCUT2D eigenvalue weighted by Crippen LogP contribution is 2.19. The Bertz CT molecular complexity index is 576. The maximum Gasteiger partial charge on any atom is 0.329 e. The van der Waals surface area contributed by atoms with Crippen LogP contribution in [0.25, 0.3) is 10.2 Å². The molecule has 0 fully saturated rings. The third kappa shape index (κ3) is 1.04. The molecule has 0 aromatic carbocycles. The second-order valence-electron chi connectivity index (χ2n) is 2.92. The van der Waals surface area contributed by atoms with Gasteiger partial charge < -0.3 is 0 Å². The largest absolute Gasteiger partial charge is 0.329 e. The Morgan fingerprint density at radius 3 is 2.85 bits per heavy atom. The van der Waals surface area contributed by atoms with E-state index in [0.717, 1.165) is 10.4 Å². The minimum absolute atomic E-state index is 0.295. The molecule has 5 heteroatoms. The minimum Gasteiger partial charge on any atom is -0.288 e. The van der Waals surface area contributed by atoms with E-state index in [2.05, 4.69) is 4.98 Å². The van der Waals surface area contributed by atoms with Crippen molar-refractivity contribution in [1.82, 2.24) is 9.55 Å². The summed E-state index contributed by atoms with van der Waals surface area (Å²) in [4.78, 5) is 25.5. The van der Waals surface area contributed by atoms with Gasteiger partial charge in [-0.25, -0.2) is 4.79 Å². The Morgan fingerprint density at radius 2 is 2.15 bits per heavy atom. The van der Waals surface area contributed by atoms with Gasteiger partial charge in [-0.3, -0.25) is 14.3 Å². The molecular formula is C8H8N2O2S. The van der Waals surface area contributed by atoms with Gasteiger partial charge in [-0.2, -0.15) is 0 Å². The number of nitrogens with one attached hydrogen (secondary N) is 1. The van der Waals surface area contributed by atoms with Crippen molar-refractivity contribution in [2.24, 2.45) is 7.05 Å². The van der Waals surface area contributed by atoms with Crippen LogP contribution in [0.3, 0.4) is 0 Å². The van der Waals surface area contributed by atoms with E-state index in [-0.39, 0.29) is 11.2 Å². The average Bonchev–Trinajstić information content (AvgIpc) is 2.44. The van der Waals surface area contributed by atoms with E-state index in [9.17, 15) is 9.59 Å². The van der Waals surface area contributed by atoms with E-state index in [0.29, 0.717) is 5.39 Å². The molecule has 0 spiro atoms. The molecule has 0 unspecified atom stereocenters. The lowest BCUT2D eigenvalue weighted by atomic mass is 10.3. The van der Waals surface area contributed by atoms with Crippen LogP contribution in [0.4, 0.5) is 0 Å². The van der Waals surface area contributed by atoms with E-state index in [1.165, 1.54) is 15.9 Å². The highest BCUT2D eigenvalue weighted by atomic mass is 32.1. The summed E-state index contributed by atoms with van der Waals surface area (Å²) in [5.74, 6) is 0. The normalized spacial score (nSPS) is 10.9. The number of thiophene rings is 1. The topological polar surface area (TPSA) is 54.9 Å². The maximum absolute atomic E-state index is 11.4. The zero-order valence-electron chi connectivity index (χ0n) is 7.25. The molecule has 1 N–H and O–H groups in total. The molecule has 0 saturated heterocycles. The fourth-order valence-electron chi connectivity index (χ4n) is 1.29. The Balaban J connectivity index is 3.18. The summed E-state index contributed by atoms with van der Waals surface area (Å²) < 4.78 is 1.45. The summed E-state index contributed by atoms with van der Waals surface area (Å²) >= 11 is 1.41. The minimum atomic E-state index is -0.362. The highest BCUT2D eigenvalue weighted by molar-refractivity contribution is 7.17. The lowest BCUT2D eigenvalue weighted by Crippen LogP contribution is -2.27. The van der Waals surface area contributed by atoms with Crippen LogP contribution in [-0.2, 0) is 7.05 Å². The lowest BCUT2D eigenvalue weighted by Gasteiger charge is -1.97. The second-order valence-corrected chi connectivity index (χ2v) is 3.78. The Labute approximate surface area is 77.5 Å². The van der Waals surface area contributed by atoms with Crippen molar-refractivity contribution in [3.8, 4) is 0 Å². The molecule has 2 rings (SSSR count). The van der Waals surface area contributed by atoms with E-state index in [1.54, 1.807) is 7.05 Å². The predicted molar refractivity (Wildman–Crippen MR) is 52.4 cm³/mol. The molecule has 0 aliphatic rings. The molecule has 0 bridgehead atoms. The fraction of sp³-hybridized carbons (Fsp3) is 0.250. The van der Waals surface area contributed by atoms with Crippen molar-refractivity contribution >= 4 is 21.6 Å². The summed E-state index contributed by atoms with van der Waals surface area (Å²) in [7, 11) is 1.65. The standard InChI is InChI=1S/C8H8N2O2S/c1-4-3-13-7-5(4)6(11)9-8(12)10(7)2/h3H,1-2H3,(H,9,11,12). The molecule has 4 nitrogen and oxygen atoms in total. The first-order valence-electron chi connectivity index (χ1n) is 3.78. The number of aromatic amines is 1. The first-order valence-corrected chi connectivity index (χ1v) is 4.66. The average molecular weight is 196 g/mol. The van der Waals surface area contributed by atoms with Gasteiger partial charge in [-0.05, 0) is 17.9 Å². The molecule has 0 atom stereocenters. The van der Waals surface area contributed by atoms with E-state index >= 15 is 0 Å². The maximum atomic E-state index is 11.4. The highest BCUT2D eigenvalue weighted by Gasteiger charge is 2.08. The van der Waals surface area contributed by atoms with Crippen molar-refractivity contribution < 1.29 is 0 Å². The number of aromatic nitrogens is 2. The Kier molecular flexibility index (Phi) is 1.63.